The molecular formula is C20H26N4O2S. The summed E-state index contributed by atoms with van der Waals surface area (Å²) in [5.41, 5.74) is 9.10. The number of aryl methyl sites for hydroxylation is 1. The van der Waals surface area contributed by atoms with Gasteiger partial charge in [-0.05, 0) is 42.5 Å². The second kappa shape index (κ2) is 8.43. The molecule has 3 rings (SSSR count). The molecule has 0 aliphatic carbocycles. The smallest absolute Gasteiger partial charge is 0.312 e. The summed E-state index contributed by atoms with van der Waals surface area (Å²) in [6.45, 7) is 7.24. The summed E-state index contributed by atoms with van der Waals surface area (Å²) >= 11 is 1.51. The van der Waals surface area contributed by atoms with E-state index in [-0.39, 0.29) is 18.4 Å². The quantitative estimate of drug-likeness (QED) is 0.829. The number of anilines is 1. The summed E-state index contributed by atoms with van der Waals surface area (Å²) in [7, 11) is 0. The van der Waals surface area contributed by atoms with E-state index in [2.05, 4.69) is 42.3 Å². The van der Waals surface area contributed by atoms with Crippen LogP contribution in [0.4, 0.5) is 10.5 Å². The number of nitrogens with two attached hydrogens (primary N) is 1. The summed E-state index contributed by atoms with van der Waals surface area (Å²) in [5, 5.41) is 4.62. The topological polar surface area (TPSA) is 78.7 Å². The van der Waals surface area contributed by atoms with Gasteiger partial charge in [-0.3, -0.25) is 4.79 Å². The first-order valence-corrected chi connectivity index (χ1v) is 10.0. The van der Waals surface area contributed by atoms with Gasteiger partial charge in [-0.1, -0.05) is 18.2 Å². The number of nitrogens with one attached hydrogen (secondary N) is 1. The lowest BCUT2D eigenvalue weighted by atomic mass is 10.1. The summed E-state index contributed by atoms with van der Waals surface area (Å²) in [5.74, 6) is 0.0442. The van der Waals surface area contributed by atoms with Crippen LogP contribution in [0.25, 0.3) is 0 Å². The van der Waals surface area contributed by atoms with Gasteiger partial charge in [0.05, 0.1) is 12.5 Å². The van der Waals surface area contributed by atoms with E-state index < -0.39 is 6.03 Å². The van der Waals surface area contributed by atoms with Crippen LogP contribution >= 0.6 is 11.3 Å². The molecule has 1 aliphatic rings. The fourth-order valence-corrected chi connectivity index (χ4v) is 4.24. The first kappa shape index (κ1) is 19.2. The molecule has 1 aromatic heterocycles. The fourth-order valence-electron chi connectivity index (χ4n) is 3.46. The number of carbonyl (C=O) groups is 2. The Balaban J connectivity index is 1.60. The standard InChI is InChI=1S/C20H26N4O2S/c1-14-5-3-6-17(15(14)2)23-8-10-24(11-9-23)19(25)13-16(22-20(21)26)18-7-4-12-27-18/h3-7,12,16H,8-11,13H2,1-2H3,(H3,21,22,26). The fraction of sp³-hybridized carbons (Fsp3) is 0.400. The van der Waals surface area contributed by atoms with Gasteiger partial charge in [-0.2, -0.15) is 0 Å². The van der Waals surface area contributed by atoms with Gasteiger partial charge in [-0.25, -0.2) is 4.79 Å². The maximum atomic E-state index is 12.8. The monoisotopic (exact) mass is 386 g/mol. The molecule has 0 bridgehead atoms. The third-order valence-electron chi connectivity index (χ3n) is 5.13. The highest BCUT2D eigenvalue weighted by Crippen LogP contribution is 2.26. The molecule has 1 saturated heterocycles. The van der Waals surface area contributed by atoms with E-state index in [4.69, 9.17) is 5.73 Å². The van der Waals surface area contributed by atoms with Crippen LogP contribution in [-0.2, 0) is 4.79 Å². The number of urea groups is 1. The number of nitrogens with zero attached hydrogens (tertiary/aromatic N) is 2. The molecule has 7 heteroatoms. The van der Waals surface area contributed by atoms with Crippen LogP contribution in [0, 0.1) is 13.8 Å². The number of piperazine rings is 1. The molecule has 0 saturated carbocycles. The first-order valence-electron chi connectivity index (χ1n) is 9.14. The minimum absolute atomic E-state index is 0.0442. The van der Waals surface area contributed by atoms with Gasteiger partial charge in [0.15, 0.2) is 0 Å². The van der Waals surface area contributed by atoms with Crippen LogP contribution in [0.5, 0.6) is 0 Å². The Hall–Kier alpha value is -2.54. The lowest BCUT2D eigenvalue weighted by molar-refractivity contribution is -0.132. The maximum absolute atomic E-state index is 12.8. The van der Waals surface area contributed by atoms with Crippen molar-refractivity contribution in [2.24, 2.45) is 5.73 Å². The van der Waals surface area contributed by atoms with E-state index in [1.165, 1.54) is 28.2 Å². The van der Waals surface area contributed by atoms with Gasteiger partial charge >= 0.3 is 6.03 Å². The van der Waals surface area contributed by atoms with E-state index in [1.54, 1.807) is 0 Å². The van der Waals surface area contributed by atoms with Crippen LogP contribution < -0.4 is 16.0 Å². The average Bonchev–Trinajstić information content (AvgIpc) is 3.18. The van der Waals surface area contributed by atoms with Gasteiger partial charge in [0.25, 0.3) is 0 Å². The van der Waals surface area contributed by atoms with Gasteiger partial charge in [0.1, 0.15) is 0 Å². The predicted molar refractivity (Wildman–Crippen MR) is 109 cm³/mol. The molecular weight excluding hydrogens is 360 g/mol. The van der Waals surface area contributed by atoms with Crippen LogP contribution in [0.1, 0.15) is 28.5 Å². The average molecular weight is 387 g/mol. The Bertz CT molecular complexity index is 798. The zero-order valence-electron chi connectivity index (χ0n) is 15.8. The van der Waals surface area contributed by atoms with Crippen molar-refractivity contribution >= 4 is 29.0 Å². The molecule has 1 atom stereocenters. The molecule has 1 aromatic carbocycles. The van der Waals surface area contributed by atoms with Crippen molar-refractivity contribution in [3.63, 3.8) is 0 Å². The van der Waals surface area contributed by atoms with E-state index in [0.29, 0.717) is 13.1 Å². The Kier molecular flexibility index (Phi) is 6.01. The van der Waals surface area contributed by atoms with Crippen LogP contribution in [0.2, 0.25) is 0 Å². The predicted octanol–water partition coefficient (Wildman–Crippen LogP) is 2.81. The van der Waals surface area contributed by atoms with Gasteiger partial charge in [-0.15, -0.1) is 11.3 Å². The number of hydrogen-bond donors (Lipinski definition) is 2. The molecule has 1 aliphatic heterocycles. The van der Waals surface area contributed by atoms with Crippen LogP contribution in [0.3, 0.4) is 0 Å². The molecule has 1 fully saturated rings. The van der Waals surface area contributed by atoms with E-state index in [1.807, 2.05) is 22.4 Å². The molecule has 0 spiro atoms. The normalized spacial score (nSPS) is 15.5. The van der Waals surface area contributed by atoms with Crippen molar-refractivity contribution in [1.29, 1.82) is 0 Å². The van der Waals surface area contributed by atoms with E-state index >= 15 is 0 Å². The Morgan fingerprint density at radius 2 is 1.89 bits per heavy atom. The summed E-state index contributed by atoms with van der Waals surface area (Å²) in [6, 6.07) is 9.18. The van der Waals surface area contributed by atoms with Gasteiger partial charge in [0.2, 0.25) is 5.91 Å². The minimum atomic E-state index is -0.610. The van der Waals surface area contributed by atoms with Crippen molar-refractivity contribution in [1.82, 2.24) is 10.2 Å². The second-order valence-corrected chi connectivity index (χ2v) is 7.85. The van der Waals surface area contributed by atoms with Crippen molar-refractivity contribution in [3.05, 3.63) is 51.7 Å². The highest BCUT2D eigenvalue weighted by molar-refractivity contribution is 7.10. The lowest BCUT2D eigenvalue weighted by Gasteiger charge is -2.37. The number of carbonyl (C=O) groups excluding carboxylic acids is 2. The molecule has 3 amide bonds. The number of thiophene rings is 1. The largest absolute Gasteiger partial charge is 0.368 e. The highest BCUT2D eigenvalue weighted by Gasteiger charge is 2.26. The molecule has 6 nitrogen and oxygen atoms in total. The van der Waals surface area contributed by atoms with Crippen LogP contribution in [0.15, 0.2) is 35.7 Å². The maximum Gasteiger partial charge on any atom is 0.312 e. The van der Waals surface area contributed by atoms with Gasteiger partial charge < -0.3 is 20.9 Å². The lowest BCUT2D eigenvalue weighted by Crippen LogP contribution is -2.49. The minimum Gasteiger partial charge on any atom is -0.368 e. The first-order chi connectivity index (χ1) is 13.0. The van der Waals surface area contributed by atoms with Crippen LogP contribution in [-0.4, -0.2) is 43.0 Å². The summed E-state index contributed by atoms with van der Waals surface area (Å²) in [6.07, 6.45) is 0.229. The SMILES string of the molecule is Cc1cccc(N2CCN(C(=O)CC(NC(N)=O)c3cccs3)CC2)c1C. The highest BCUT2D eigenvalue weighted by atomic mass is 32.1. The van der Waals surface area contributed by atoms with Crippen molar-refractivity contribution in [2.45, 2.75) is 26.3 Å². The third kappa shape index (κ3) is 4.60. The van der Waals surface area contributed by atoms with Crippen molar-refractivity contribution < 1.29 is 9.59 Å². The number of primary amides is 1. The summed E-state index contributed by atoms with van der Waals surface area (Å²) in [4.78, 5) is 29.2. The number of amides is 3. The molecule has 0 radical (unpaired) electrons. The molecule has 1 unspecified atom stereocenters. The number of hydrogen-bond acceptors (Lipinski definition) is 4. The third-order valence-corrected chi connectivity index (χ3v) is 6.12. The Labute approximate surface area is 164 Å². The van der Waals surface area contributed by atoms with Crippen molar-refractivity contribution in [3.8, 4) is 0 Å². The Morgan fingerprint density at radius 3 is 2.52 bits per heavy atom. The number of benzene rings is 1. The summed E-state index contributed by atoms with van der Waals surface area (Å²) < 4.78 is 0. The van der Waals surface area contributed by atoms with E-state index in [0.717, 1.165) is 18.0 Å². The molecule has 144 valence electrons. The molecule has 3 N–H and O–H groups in total. The molecule has 2 heterocycles. The van der Waals surface area contributed by atoms with Crippen molar-refractivity contribution in [2.75, 3.05) is 31.1 Å². The van der Waals surface area contributed by atoms with E-state index in [9.17, 15) is 9.59 Å². The van der Waals surface area contributed by atoms with Gasteiger partial charge in [0, 0.05) is 36.7 Å². The number of rotatable bonds is 5. The zero-order chi connectivity index (χ0) is 19.4. The second-order valence-electron chi connectivity index (χ2n) is 6.87. The molecule has 27 heavy (non-hydrogen) atoms. The zero-order valence-corrected chi connectivity index (χ0v) is 16.6. The molecule has 2 aromatic rings. The Morgan fingerprint density at radius 1 is 1.15 bits per heavy atom.